The Kier molecular flexibility index (Phi) is 4.39. The quantitative estimate of drug-likeness (QED) is 0.646. The van der Waals surface area contributed by atoms with E-state index in [0.717, 1.165) is 12.5 Å². The number of alkyl halides is 1. The van der Waals surface area contributed by atoms with Crippen molar-refractivity contribution < 1.29 is 4.74 Å². The average molecular weight is 207 g/mol. The van der Waals surface area contributed by atoms with Crippen LogP contribution in [-0.4, -0.2) is 12.1 Å². The molecule has 1 saturated carbocycles. The van der Waals surface area contributed by atoms with Crippen molar-refractivity contribution >= 4 is 15.9 Å². The first-order chi connectivity index (χ1) is 4.93. The Hall–Kier alpha value is 0.440. The minimum absolute atomic E-state index is 0.698. The van der Waals surface area contributed by atoms with Gasteiger partial charge in [0.25, 0.3) is 0 Å². The molecule has 0 spiro atoms. The Morgan fingerprint density at radius 1 is 1.20 bits per heavy atom. The third-order valence-electron chi connectivity index (χ3n) is 2.16. The highest BCUT2D eigenvalue weighted by molar-refractivity contribution is 9.09. The molecule has 1 fully saturated rings. The summed E-state index contributed by atoms with van der Waals surface area (Å²) in [6.45, 7) is 0.964. The highest BCUT2D eigenvalue weighted by Crippen LogP contribution is 2.23. The van der Waals surface area contributed by atoms with Crippen molar-refractivity contribution in [2.45, 2.75) is 32.1 Å². The molecule has 10 heavy (non-hydrogen) atoms. The molecule has 0 radical (unpaired) electrons. The zero-order valence-corrected chi connectivity index (χ0v) is 7.90. The van der Waals surface area contributed by atoms with Gasteiger partial charge < -0.3 is 4.74 Å². The monoisotopic (exact) mass is 206 g/mol. The molecule has 1 aliphatic carbocycles. The van der Waals surface area contributed by atoms with Gasteiger partial charge in [0.15, 0.2) is 0 Å². The van der Waals surface area contributed by atoms with E-state index in [2.05, 4.69) is 15.9 Å². The van der Waals surface area contributed by atoms with Crippen LogP contribution in [0.25, 0.3) is 0 Å². The summed E-state index contributed by atoms with van der Waals surface area (Å²) in [4.78, 5) is 0. The first-order valence-corrected chi connectivity index (χ1v) is 5.19. The lowest BCUT2D eigenvalue weighted by Gasteiger charge is -2.20. The summed E-state index contributed by atoms with van der Waals surface area (Å²) in [7, 11) is 0. The maximum atomic E-state index is 5.29. The largest absolute Gasteiger partial charge is 0.370 e. The lowest BCUT2D eigenvalue weighted by atomic mass is 9.90. The van der Waals surface area contributed by atoms with Crippen molar-refractivity contribution in [3.8, 4) is 0 Å². The maximum Gasteiger partial charge on any atom is 0.102 e. The van der Waals surface area contributed by atoms with E-state index in [1.165, 1.54) is 32.1 Å². The normalized spacial score (nSPS) is 21.3. The molecular weight excluding hydrogens is 192 g/mol. The van der Waals surface area contributed by atoms with Gasteiger partial charge in [-0.25, -0.2) is 0 Å². The molecule has 0 aliphatic heterocycles. The Labute approximate surface area is 71.3 Å². The lowest BCUT2D eigenvalue weighted by Crippen LogP contribution is -2.12. The molecule has 0 aromatic rings. The van der Waals surface area contributed by atoms with Gasteiger partial charge in [-0.05, 0) is 18.8 Å². The van der Waals surface area contributed by atoms with Crippen LogP contribution in [-0.2, 0) is 4.74 Å². The highest BCUT2D eigenvalue weighted by atomic mass is 79.9. The molecule has 0 aromatic carbocycles. The fraction of sp³-hybridized carbons (Fsp3) is 1.00. The van der Waals surface area contributed by atoms with Crippen LogP contribution < -0.4 is 0 Å². The molecular formula is C8H15BrO. The summed E-state index contributed by atoms with van der Waals surface area (Å²) in [5.74, 6) is 0.853. The number of ether oxygens (including phenoxy) is 1. The van der Waals surface area contributed by atoms with Crippen molar-refractivity contribution in [3.63, 3.8) is 0 Å². The minimum Gasteiger partial charge on any atom is -0.370 e. The van der Waals surface area contributed by atoms with E-state index in [9.17, 15) is 0 Å². The van der Waals surface area contributed by atoms with Gasteiger partial charge in [0.2, 0.25) is 0 Å². The molecule has 60 valence electrons. The first kappa shape index (κ1) is 8.54. The summed E-state index contributed by atoms with van der Waals surface area (Å²) >= 11 is 3.25. The molecule has 0 bridgehead atoms. The summed E-state index contributed by atoms with van der Waals surface area (Å²) in [6.07, 6.45) is 7.03. The van der Waals surface area contributed by atoms with Crippen LogP contribution >= 0.6 is 15.9 Å². The third-order valence-corrected chi connectivity index (χ3v) is 2.48. The van der Waals surface area contributed by atoms with Gasteiger partial charge in [-0.15, -0.1) is 0 Å². The van der Waals surface area contributed by atoms with E-state index >= 15 is 0 Å². The second kappa shape index (κ2) is 5.14. The molecule has 0 amide bonds. The third kappa shape index (κ3) is 3.02. The van der Waals surface area contributed by atoms with Crippen molar-refractivity contribution in [1.29, 1.82) is 0 Å². The number of rotatable bonds is 3. The number of hydrogen-bond acceptors (Lipinski definition) is 1. The van der Waals surface area contributed by atoms with E-state index in [1.54, 1.807) is 0 Å². The Bertz CT molecular complexity index is 79.3. The van der Waals surface area contributed by atoms with Gasteiger partial charge in [0.1, 0.15) is 5.52 Å². The van der Waals surface area contributed by atoms with Gasteiger partial charge in [0.05, 0.1) is 6.61 Å². The van der Waals surface area contributed by atoms with Gasteiger partial charge >= 0.3 is 0 Å². The van der Waals surface area contributed by atoms with E-state index in [4.69, 9.17) is 4.74 Å². The summed E-state index contributed by atoms with van der Waals surface area (Å²) < 4.78 is 5.29. The van der Waals surface area contributed by atoms with E-state index < -0.39 is 0 Å². The molecule has 0 heterocycles. The Balaban J connectivity index is 2.02. The van der Waals surface area contributed by atoms with Crippen LogP contribution in [0.4, 0.5) is 0 Å². The average Bonchev–Trinajstić information content (AvgIpc) is 2.03. The molecule has 1 aliphatic rings. The SMILES string of the molecule is BrCOCC1CCCCC1. The van der Waals surface area contributed by atoms with Gasteiger partial charge in [-0.2, -0.15) is 0 Å². The van der Waals surface area contributed by atoms with Crippen molar-refractivity contribution in [3.05, 3.63) is 0 Å². The van der Waals surface area contributed by atoms with Gasteiger partial charge in [0, 0.05) is 0 Å². The van der Waals surface area contributed by atoms with Crippen LogP contribution in [0.5, 0.6) is 0 Å². The molecule has 0 saturated heterocycles. The number of hydrogen-bond donors (Lipinski definition) is 0. The maximum absolute atomic E-state index is 5.29. The smallest absolute Gasteiger partial charge is 0.102 e. The van der Waals surface area contributed by atoms with Gasteiger partial charge in [-0.3, -0.25) is 0 Å². The zero-order valence-electron chi connectivity index (χ0n) is 6.31. The Morgan fingerprint density at radius 3 is 2.50 bits per heavy atom. The molecule has 1 nitrogen and oxygen atoms in total. The Morgan fingerprint density at radius 2 is 1.90 bits per heavy atom. The molecule has 0 unspecified atom stereocenters. The summed E-state index contributed by atoms with van der Waals surface area (Å²) in [6, 6.07) is 0. The molecule has 0 N–H and O–H groups in total. The standard InChI is InChI=1S/C8H15BrO/c9-7-10-6-8-4-2-1-3-5-8/h8H,1-7H2. The van der Waals surface area contributed by atoms with Crippen molar-refractivity contribution in [1.82, 2.24) is 0 Å². The molecule has 0 atom stereocenters. The predicted octanol–water partition coefficient (Wildman–Crippen LogP) is 2.94. The second-order valence-electron chi connectivity index (χ2n) is 2.98. The summed E-state index contributed by atoms with van der Waals surface area (Å²) in [5.41, 5.74) is 0.698. The van der Waals surface area contributed by atoms with E-state index in [0.29, 0.717) is 5.52 Å². The molecule has 0 aromatic heterocycles. The second-order valence-corrected chi connectivity index (χ2v) is 3.44. The van der Waals surface area contributed by atoms with Crippen LogP contribution in [0.3, 0.4) is 0 Å². The van der Waals surface area contributed by atoms with Crippen LogP contribution in [0.2, 0.25) is 0 Å². The van der Waals surface area contributed by atoms with Crippen LogP contribution in [0, 0.1) is 5.92 Å². The number of halogens is 1. The van der Waals surface area contributed by atoms with Crippen molar-refractivity contribution in [2.75, 3.05) is 12.1 Å². The van der Waals surface area contributed by atoms with E-state index in [-0.39, 0.29) is 0 Å². The van der Waals surface area contributed by atoms with Gasteiger partial charge in [-0.1, -0.05) is 35.2 Å². The lowest BCUT2D eigenvalue weighted by molar-refractivity contribution is 0.123. The van der Waals surface area contributed by atoms with Crippen LogP contribution in [0.1, 0.15) is 32.1 Å². The predicted molar refractivity (Wildman–Crippen MR) is 46.3 cm³/mol. The minimum atomic E-state index is 0.698. The van der Waals surface area contributed by atoms with Crippen LogP contribution in [0.15, 0.2) is 0 Å². The molecule has 2 heteroatoms. The fourth-order valence-electron chi connectivity index (χ4n) is 1.57. The topological polar surface area (TPSA) is 9.23 Å². The van der Waals surface area contributed by atoms with E-state index in [1.807, 2.05) is 0 Å². The fourth-order valence-corrected chi connectivity index (χ4v) is 1.75. The first-order valence-electron chi connectivity index (χ1n) is 4.07. The highest BCUT2D eigenvalue weighted by Gasteiger charge is 2.12. The molecule has 1 rings (SSSR count). The zero-order chi connectivity index (χ0) is 7.23. The summed E-state index contributed by atoms with van der Waals surface area (Å²) in [5, 5.41) is 0. The van der Waals surface area contributed by atoms with Crippen molar-refractivity contribution in [2.24, 2.45) is 5.92 Å².